The van der Waals surface area contributed by atoms with E-state index in [1.54, 1.807) is 0 Å². The number of aromatic nitrogens is 1. The van der Waals surface area contributed by atoms with Gasteiger partial charge >= 0.3 is 0 Å². The van der Waals surface area contributed by atoms with Crippen molar-refractivity contribution in [3.8, 4) is 0 Å². The predicted octanol–water partition coefficient (Wildman–Crippen LogP) is 1.72. The maximum Gasteiger partial charge on any atom is 0.274 e. The summed E-state index contributed by atoms with van der Waals surface area (Å²) in [4.78, 5) is 14.3. The molecule has 2 rings (SSSR count). The van der Waals surface area contributed by atoms with Crippen molar-refractivity contribution in [1.82, 2.24) is 4.98 Å². The van der Waals surface area contributed by atoms with Gasteiger partial charge in [-0.3, -0.25) is 10.1 Å². The van der Waals surface area contributed by atoms with Gasteiger partial charge in [0, 0.05) is 24.4 Å². The van der Waals surface area contributed by atoms with Gasteiger partial charge in [-0.2, -0.15) is 0 Å². The maximum absolute atomic E-state index is 11.1. The Kier molecular flexibility index (Phi) is 1.79. The van der Waals surface area contributed by atoms with Crippen molar-refractivity contribution < 1.29 is 20.6 Å². The zero-order valence-corrected chi connectivity index (χ0v) is 9.89. The van der Waals surface area contributed by atoms with Gasteiger partial charge in [-0.25, -0.2) is 4.98 Å². The number of alkyl halides is 1. The van der Waals surface area contributed by atoms with E-state index in [0.29, 0.717) is 0 Å². The number of anilines is 1. The van der Waals surface area contributed by atoms with Crippen molar-refractivity contribution in [1.29, 1.82) is 0 Å². The third-order valence-electron chi connectivity index (χ3n) is 1.84. The van der Waals surface area contributed by atoms with Gasteiger partial charge in [-0.1, -0.05) is 15.9 Å². The minimum atomic E-state index is -3.26. The lowest BCUT2D eigenvalue weighted by molar-refractivity contribution is -0.384. The molecule has 17 heavy (non-hydrogen) atoms. The first-order chi connectivity index (χ1) is 11.2. The molecule has 0 bridgehead atoms. The summed E-state index contributed by atoms with van der Waals surface area (Å²) in [5.74, 6) is -0.630. The fourth-order valence-electron chi connectivity index (χ4n) is 1.15. The molecule has 0 amide bonds. The highest BCUT2D eigenvalue weighted by molar-refractivity contribution is 9.08. The Morgan fingerprint density at radius 2 is 2.29 bits per heavy atom. The number of hydrogen-bond acceptors (Lipinski definition) is 5. The summed E-state index contributed by atoms with van der Waals surface area (Å²) >= 11 is 3.04. The molecule has 1 aromatic heterocycles. The summed E-state index contributed by atoms with van der Waals surface area (Å²) in [6.45, 7) is -13.0. The molecule has 2 heterocycles. The highest BCUT2D eigenvalue weighted by atomic mass is 79.9. The first-order valence-corrected chi connectivity index (χ1v) is 5.51. The van der Waals surface area contributed by atoms with Gasteiger partial charge in [-0.15, -0.1) is 0 Å². The molecule has 1 aliphatic heterocycles. The zero-order valence-electron chi connectivity index (χ0n) is 16.3. The summed E-state index contributed by atoms with van der Waals surface area (Å²) in [6, 6.07) is 1.83. The highest BCUT2D eigenvalue weighted by Crippen LogP contribution is 2.22. The molecule has 0 aliphatic carbocycles. The van der Waals surface area contributed by atoms with Crippen LogP contribution >= 0.6 is 15.9 Å². The van der Waals surface area contributed by atoms with Crippen LogP contribution in [0.4, 0.5) is 11.5 Å². The number of halogens is 1. The van der Waals surface area contributed by atoms with Crippen molar-refractivity contribution in [2.75, 3.05) is 31.0 Å². The standard InChI is InChI=1S/C10H12BrN3O3/c11-7-8-5-9(14(15)16)6-10(12-8)13-1-3-17-4-2-13/h5-6H,1-4,7H2/i1D2,2D2,3D2,4D2. The summed E-state index contributed by atoms with van der Waals surface area (Å²) in [5.41, 5.74) is -0.470. The summed E-state index contributed by atoms with van der Waals surface area (Å²) in [7, 11) is 0. The van der Waals surface area contributed by atoms with Crippen LogP contribution in [0.3, 0.4) is 0 Å². The van der Waals surface area contributed by atoms with Crippen molar-refractivity contribution >= 4 is 27.4 Å². The Morgan fingerprint density at radius 1 is 1.59 bits per heavy atom. The molecule has 0 N–H and O–H groups in total. The van der Waals surface area contributed by atoms with Crippen LogP contribution in [-0.4, -0.2) is 36.0 Å². The molecule has 1 fully saturated rings. The molecule has 0 saturated carbocycles. The van der Waals surface area contributed by atoms with Gasteiger partial charge < -0.3 is 9.64 Å². The fourth-order valence-corrected chi connectivity index (χ4v) is 1.44. The number of nitrogens with zero attached hydrogens (tertiary/aromatic N) is 3. The van der Waals surface area contributed by atoms with Crippen LogP contribution in [0.2, 0.25) is 0 Å². The van der Waals surface area contributed by atoms with E-state index in [1.165, 1.54) is 0 Å². The molecule has 1 aromatic rings. The molecule has 0 aromatic carbocycles. The predicted molar refractivity (Wildman–Crippen MR) is 66.6 cm³/mol. The smallest absolute Gasteiger partial charge is 0.274 e. The van der Waals surface area contributed by atoms with Crippen molar-refractivity contribution in [2.45, 2.75) is 5.33 Å². The number of nitro groups is 1. The Morgan fingerprint density at radius 3 is 2.88 bits per heavy atom. The van der Waals surface area contributed by atoms with Crippen LogP contribution in [-0.2, 0) is 10.1 Å². The number of rotatable bonds is 3. The summed E-state index contributed by atoms with van der Waals surface area (Å²) in [5, 5.41) is 11.1. The second-order valence-corrected chi connectivity index (χ2v) is 3.49. The molecule has 0 unspecified atom stereocenters. The highest BCUT2D eigenvalue weighted by Gasteiger charge is 2.17. The zero-order chi connectivity index (χ0) is 19.4. The van der Waals surface area contributed by atoms with Gasteiger partial charge in [0.15, 0.2) is 0 Å². The minimum absolute atomic E-state index is 0.0256. The number of hydrogen-bond donors (Lipinski definition) is 0. The third kappa shape index (κ3) is 2.92. The Labute approximate surface area is 118 Å². The van der Waals surface area contributed by atoms with Gasteiger partial charge in [-0.05, 0) is 0 Å². The van der Waals surface area contributed by atoms with E-state index < -0.39 is 42.5 Å². The number of ether oxygens (including phenoxy) is 1. The van der Waals surface area contributed by atoms with E-state index in [0.717, 1.165) is 12.1 Å². The lowest BCUT2D eigenvalue weighted by Gasteiger charge is -2.27. The van der Waals surface area contributed by atoms with Gasteiger partial charge in [0.2, 0.25) is 0 Å². The molecule has 1 aliphatic rings. The molecule has 0 atom stereocenters. The third-order valence-corrected chi connectivity index (χ3v) is 2.42. The molecule has 92 valence electrons. The lowest BCUT2D eigenvalue weighted by atomic mass is 10.3. The second kappa shape index (κ2) is 5.42. The van der Waals surface area contributed by atoms with Gasteiger partial charge in [0.25, 0.3) is 5.69 Å². The van der Waals surface area contributed by atoms with Gasteiger partial charge in [0.1, 0.15) is 5.82 Å². The van der Waals surface area contributed by atoms with E-state index in [-0.39, 0.29) is 15.9 Å². The molecule has 7 heteroatoms. The van der Waals surface area contributed by atoms with Gasteiger partial charge in [0.05, 0.1) is 40.8 Å². The van der Waals surface area contributed by atoms with Crippen LogP contribution in [0.5, 0.6) is 0 Å². The topological polar surface area (TPSA) is 68.5 Å². The quantitative estimate of drug-likeness (QED) is 0.483. The first kappa shape index (κ1) is 5.62. The Hall–Kier alpha value is -1.21. The molecule has 0 spiro atoms. The van der Waals surface area contributed by atoms with E-state index in [4.69, 9.17) is 11.0 Å². The largest absolute Gasteiger partial charge is 0.378 e. The Bertz CT molecular complexity index is 691. The Balaban J connectivity index is 2.76. The fraction of sp³-hybridized carbons (Fsp3) is 0.500. The van der Waals surface area contributed by atoms with Crippen LogP contribution in [0.1, 0.15) is 16.7 Å². The van der Waals surface area contributed by atoms with Crippen molar-refractivity contribution in [3.05, 3.63) is 27.9 Å². The molecular weight excluding hydrogens is 290 g/mol. The lowest BCUT2D eigenvalue weighted by Crippen LogP contribution is -2.36. The average Bonchev–Trinajstić information content (AvgIpc) is 2.43. The van der Waals surface area contributed by atoms with E-state index in [2.05, 4.69) is 25.7 Å². The minimum Gasteiger partial charge on any atom is -0.378 e. The average molecular weight is 310 g/mol. The van der Waals surface area contributed by atoms with E-state index in [9.17, 15) is 10.1 Å². The monoisotopic (exact) mass is 309 g/mol. The van der Waals surface area contributed by atoms with E-state index in [1.807, 2.05) is 0 Å². The van der Waals surface area contributed by atoms with Crippen LogP contribution in [0.15, 0.2) is 12.1 Å². The first-order valence-electron chi connectivity index (χ1n) is 8.39. The molecule has 6 nitrogen and oxygen atoms in total. The summed E-state index contributed by atoms with van der Waals surface area (Å²) < 4.78 is 66.6. The second-order valence-electron chi connectivity index (χ2n) is 2.93. The van der Waals surface area contributed by atoms with Crippen LogP contribution < -0.4 is 4.90 Å². The van der Waals surface area contributed by atoms with Crippen LogP contribution in [0, 0.1) is 10.1 Å². The number of morpholine rings is 1. The molecule has 1 saturated heterocycles. The van der Waals surface area contributed by atoms with Crippen LogP contribution in [0.25, 0.3) is 0 Å². The normalized spacial score (nSPS) is 34.8. The van der Waals surface area contributed by atoms with Crippen molar-refractivity contribution in [2.24, 2.45) is 0 Å². The van der Waals surface area contributed by atoms with E-state index >= 15 is 0 Å². The SMILES string of the molecule is [2H]C1([2H])OC([2H])([2H])C([2H])([2H])N(c2cc([N+](=O)[O-])cc(CBr)n2)C1([2H])[2H]. The maximum atomic E-state index is 11.1. The summed E-state index contributed by atoms with van der Waals surface area (Å²) in [6.07, 6.45) is 0. The molecular formula is C10H12BrN3O3. The number of pyridine rings is 1. The van der Waals surface area contributed by atoms with Crippen molar-refractivity contribution in [3.63, 3.8) is 0 Å². The molecule has 0 radical (unpaired) electrons.